The molecule has 0 aliphatic heterocycles. The first-order chi connectivity index (χ1) is 7.94. The average molecular weight is 232 g/mol. The van der Waals surface area contributed by atoms with Crippen molar-refractivity contribution >= 4 is 0 Å². The molecule has 1 aliphatic rings. The standard InChI is InChI=1S/C16H26N/c1-14-9-8-12-16(14,13-17(2,3)4)15-10-6-5-7-11-15/h5-7,10-11,14H,8-9,12-13H2,1-4H3/q+1. The largest absolute Gasteiger partial charge is 0.330 e. The van der Waals surface area contributed by atoms with Gasteiger partial charge < -0.3 is 4.48 Å². The Bertz CT molecular complexity index is 363. The Hall–Kier alpha value is -0.820. The van der Waals surface area contributed by atoms with Crippen LogP contribution in [0, 0.1) is 5.92 Å². The van der Waals surface area contributed by atoms with Gasteiger partial charge in [-0.25, -0.2) is 0 Å². The quantitative estimate of drug-likeness (QED) is 0.700. The molecule has 1 aromatic carbocycles. The number of nitrogens with zero attached hydrogens (tertiary/aromatic N) is 1. The maximum absolute atomic E-state index is 2.44. The normalized spacial score (nSPS) is 29.5. The smallest absolute Gasteiger partial charge is 0.0881 e. The van der Waals surface area contributed by atoms with Crippen LogP contribution >= 0.6 is 0 Å². The van der Waals surface area contributed by atoms with Gasteiger partial charge in [0.05, 0.1) is 27.7 Å². The van der Waals surface area contributed by atoms with E-state index in [1.165, 1.54) is 25.8 Å². The van der Waals surface area contributed by atoms with E-state index < -0.39 is 0 Å². The van der Waals surface area contributed by atoms with Crippen LogP contribution in [0.3, 0.4) is 0 Å². The van der Waals surface area contributed by atoms with Crippen molar-refractivity contribution in [2.45, 2.75) is 31.6 Å². The first-order valence-electron chi connectivity index (χ1n) is 6.80. The summed E-state index contributed by atoms with van der Waals surface area (Å²) in [7, 11) is 6.95. The van der Waals surface area contributed by atoms with Gasteiger partial charge in [-0.05, 0) is 24.3 Å². The molecule has 1 heteroatoms. The minimum atomic E-state index is 0.402. The fourth-order valence-electron chi connectivity index (χ4n) is 3.62. The van der Waals surface area contributed by atoms with Crippen LogP contribution in [0.25, 0.3) is 0 Å². The van der Waals surface area contributed by atoms with Gasteiger partial charge in [0, 0.05) is 5.41 Å². The van der Waals surface area contributed by atoms with Crippen LogP contribution in [-0.4, -0.2) is 32.2 Å². The van der Waals surface area contributed by atoms with Gasteiger partial charge in [-0.1, -0.05) is 43.7 Å². The molecule has 0 amide bonds. The predicted molar refractivity (Wildman–Crippen MR) is 74.0 cm³/mol. The second-order valence-electron chi connectivity index (χ2n) is 6.76. The Balaban J connectivity index is 2.38. The van der Waals surface area contributed by atoms with Crippen molar-refractivity contribution in [2.75, 3.05) is 27.7 Å². The van der Waals surface area contributed by atoms with Crippen molar-refractivity contribution < 1.29 is 4.48 Å². The highest BCUT2D eigenvalue weighted by Crippen LogP contribution is 2.46. The molecule has 2 atom stereocenters. The van der Waals surface area contributed by atoms with E-state index in [9.17, 15) is 0 Å². The van der Waals surface area contributed by atoms with Gasteiger partial charge in [-0.3, -0.25) is 0 Å². The molecule has 17 heavy (non-hydrogen) atoms. The topological polar surface area (TPSA) is 0 Å². The summed E-state index contributed by atoms with van der Waals surface area (Å²) in [5.41, 5.74) is 1.96. The lowest BCUT2D eigenvalue weighted by Crippen LogP contribution is -2.48. The van der Waals surface area contributed by atoms with Gasteiger partial charge in [-0.2, -0.15) is 0 Å². The van der Waals surface area contributed by atoms with Crippen molar-refractivity contribution in [1.29, 1.82) is 0 Å². The zero-order valence-electron chi connectivity index (χ0n) is 11.7. The molecule has 1 aromatic rings. The lowest BCUT2D eigenvalue weighted by atomic mass is 9.72. The van der Waals surface area contributed by atoms with E-state index in [2.05, 4.69) is 58.4 Å². The molecule has 0 heterocycles. The molecule has 0 saturated heterocycles. The first kappa shape index (κ1) is 12.6. The number of hydrogen-bond donors (Lipinski definition) is 0. The van der Waals surface area contributed by atoms with Gasteiger partial charge in [0.1, 0.15) is 0 Å². The third-order valence-corrected chi connectivity index (χ3v) is 4.31. The van der Waals surface area contributed by atoms with E-state index >= 15 is 0 Å². The second-order valence-corrected chi connectivity index (χ2v) is 6.76. The molecule has 0 aromatic heterocycles. The molecule has 0 bridgehead atoms. The molecule has 2 unspecified atom stereocenters. The highest BCUT2D eigenvalue weighted by Gasteiger charge is 2.45. The highest BCUT2D eigenvalue weighted by molar-refractivity contribution is 5.28. The second kappa shape index (κ2) is 4.45. The fraction of sp³-hybridized carbons (Fsp3) is 0.625. The molecule has 94 valence electrons. The number of benzene rings is 1. The summed E-state index contributed by atoms with van der Waals surface area (Å²) in [4.78, 5) is 0. The van der Waals surface area contributed by atoms with E-state index in [0.717, 1.165) is 10.4 Å². The van der Waals surface area contributed by atoms with Crippen LogP contribution in [0.2, 0.25) is 0 Å². The minimum Gasteiger partial charge on any atom is -0.330 e. The van der Waals surface area contributed by atoms with Crippen molar-refractivity contribution in [3.05, 3.63) is 35.9 Å². The van der Waals surface area contributed by atoms with Gasteiger partial charge in [0.25, 0.3) is 0 Å². The summed E-state index contributed by atoms with van der Waals surface area (Å²) < 4.78 is 1.05. The summed E-state index contributed by atoms with van der Waals surface area (Å²) >= 11 is 0. The Morgan fingerprint density at radius 1 is 1.18 bits per heavy atom. The first-order valence-corrected chi connectivity index (χ1v) is 6.80. The fourth-order valence-corrected chi connectivity index (χ4v) is 3.62. The van der Waals surface area contributed by atoms with Crippen molar-refractivity contribution in [2.24, 2.45) is 5.92 Å². The molecular formula is C16H26N+. The monoisotopic (exact) mass is 232 g/mol. The SMILES string of the molecule is CC1CCCC1(C[N+](C)(C)C)c1ccccc1. The van der Waals surface area contributed by atoms with Gasteiger partial charge in [0.15, 0.2) is 0 Å². The highest BCUT2D eigenvalue weighted by atomic mass is 15.3. The lowest BCUT2D eigenvalue weighted by Gasteiger charge is -2.40. The summed E-state index contributed by atoms with van der Waals surface area (Å²) in [6.45, 7) is 3.69. The van der Waals surface area contributed by atoms with Crippen LogP contribution in [0.5, 0.6) is 0 Å². The van der Waals surface area contributed by atoms with E-state index in [0.29, 0.717) is 5.41 Å². The summed E-state index contributed by atoms with van der Waals surface area (Å²) in [6.07, 6.45) is 4.12. The van der Waals surface area contributed by atoms with Crippen LogP contribution in [0.4, 0.5) is 0 Å². The van der Waals surface area contributed by atoms with Crippen LogP contribution in [-0.2, 0) is 5.41 Å². The zero-order valence-corrected chi connectivity index (χ0v) is 11.7. The maximum atomic E-state index is 2.44. The zero-order chi connectivity index (χ0) is 12.5. The Kier molecular flexibility index (Phi) is 3.31. The van der Waals surface area contributed by atoms with Crippen LogP contribution < -0.4 is 0 Å². The molecule has 0 radical (unpaired) electrons. The number of quaternary nitrogens is 1. The van der Waals surface area contributed by atoms with Gasteiger partial charge in [-0.15, -0.1) is 0 Å². The maximum Gasteiger partial charge on any atom is 0.0881 e. The van der Waals surface area contributed by atoms with Gasteiger partial charge >= 0.3 is 0 Å². The molecule has 0 N–H and O–H groups in total. The third-order valence-electron chi connectivity index (χ3n) is 4.31. The van der Waals surface area contributed by atoms with Crippen molar-refractivity contribution in [1.82, 2.24) is 0 Å². The molecule has 2 rings (SSSR count). The Morgan fingerprint density at radius 3 is 2.29 bits per heavy atom. The number of likely N-dealkylation sites (N-methyl/N-ethyl adjacent to an activating group) is 1. The molecule has 1 nitrogen and oxygen atoms in total. The van der Waals surface area contributed by atoms with Crippen molar-refractivity contribution in [3.8, 4) is 0 Å². The third kappa shape index (κ3) is 2.55. The van der Waals surface area contributed by atoms with Crippen LogP contribution in [0.1, 0.15) is 31.7 Å². The molecule has 1 fully saturated rings. The Labute approximate surface area is 106 Å². The average Bonchev–Trinajstić information content (AvgIpc) is 2.60. The summed E-state index contributed by atoms with van der Waals surface area (Å²) in [5.74, 6) is 0.808. The van der Waals surface area contributed by atoms with E-state index in [4.69, 9.17) is 0 Å². The van der Waals surface area contributed by atoms with Crippen molar-refractivity contribution in [3.63, 3.8) is 0 Å². The van der Waals surface area contributed by atoms with Crippen LogP contribution in [0.15, 0.2) is 30.3 Å². The van der Waals surface area contributed by atoms with Gasteiger partial charge in [0.2, 0.25) is 0 Å². The van der Waals surface area contributed by atoms with E-state index in [1.807, 2.05) is 0 Å². The molecule has 1 saturated carbocycles. The number of hydrogen-bond acceptors (Lipinski definition) is 0. The minimum absolute atomic E-state index is 0.402. The molecule has 1 aliphatic carbocycles. The molecule has 0 spiro atoms. The van der Waals surface area contributed by atoms with E-state index in [-0.39, 0.29) is 0 Å². The lowest BCUT2D eigenvalue weighted by molar-refractivity contribution is -0.875. The predicted octanol–water partition coefficient (Wildman–Crippen LogP) is 3.45. The Morgan fingerprint density at radius 2 is 1.82 bits per heavy atom. The van der Waals surface area contributed by atoms with E-state index in [1.54, 1.807) is 5.56 Å². The number of rotatable bonds is 3. The summed E-state index contributed by atoms with van der Waals surface area (Å²) in [6, 6.07) is 11.2. The molecular weight excluding hydrogens is 206 g/mol. The summed E-state index contributed by atoms with van der Waals surface area (Å²) in [5, 5.41) is 0.